The third-order valence-electron chi connectivity index (χ3n) is 3.16. The summed E-state index contributed by atoms with van der Waals surface area (Å²) in [5.74, 6) is -0.618. The van der Waals surface area contributed by atoms with Crippen LogP contribution in [0.3, 0.4) is 0 Å². The van der Waals surface area contributed by atoms with E-state index in [0.717, 1.165) is 12.8 Å². The molecule has 0 spiro atoms. The number of para-hydroxylation sites is 1. The molecule has 0 unspecified atom stereocenters. The zero-order valence-corrected chi connectivity index (χ0v) is 14.9. The number of rotatable bonds is 9. The smallest absolute Gasteiger partial charge is 0.320 e. The number of amides is 1. The Bertz CT molecular complexity index is 518. The molecule has 0 saturated carbocycles. The van der Waals surface area contributed by atoms with E-state index in [1.54, 1.807) is 23.1 Å². The van der Waals surface area contributed by atoms with Gasteiger partial charge in [0.15, 0.2) is 0 Å². The third-order valence-corrected chi connectivity index (χ3v) is 3.79. The molecule has 0 aromatic heterocycles. The van der Waals surface area contributed by atoms with Crippen molar-refractivity contribution in [1.29, 1.82) is 0 Å². The van der Waals surface area contributed by atoms with Crippen LogP contribution in [0.2, 0.25) is 10.0 Å². The van der Waals surface area contributed by atoms with Crippen LogP contribution in [-0.4, -0.2) is 43.0 Å². The second-order valence-corrected chi connectivity index (χ2v) is 5.84. The molecular weight excluding hydrogens is 339 g/mol. The molecule has 5 nitrogen and oxygen atoms in total. The van der Waals surface area contributed by atoms with E-state index >= 15 is 0 Å². The number of hydrogen-bond acceptors (Lipinski definition) is 4. The van der Waals surface area contributed by atoms with Gasteiger partial charge in [-0.2, -0.15) is 0 Å². The molecule has 0 heterocycles. The number of hydrogen-bond donors (Lipinski definition) is 1. The van der Waals surface area contributed by atoms with Crippen molar-refractivity contribution in [1.82, 2.24) is 4.90 Å². The van der Waals surface area contributed by atoms with Gasteiger partial charge < -0.3 is 10.1 Å². The van der Waals surface area contributed by atoms with Gasteiger partial charge in [-0.25, -0.2) is 0 Å². The molecule has 0 bridgehead atoms. The maximum atomic E-state index is 12.1. The van der Waals surface area contributed by atoms with Crippen LogP contribution in [0.5, 0.6) is 0 Å². The molecule has 0 radical (unpaired) electrons. The molecule has 1 N–H and O–H groups in total. The Kier molecular flexibility index (Phi) is 8.99. The monoisotopic (exact) mass is 360 g/mol. The number of unbranched alkanes of at least 4 members (excludes halogenated alkanes) is 1. The largest absolute Gasteiger partial charge is 0.465 e. The van der Waals surface area contributed by atoms with Gasteiger partial charge in [-0.1, -0.05) is 49.5 Å². The van der Waals surface area contributed by atoms with Crippen LogP contribution in [0.4, 0.5) is 5.69 Å². The molecule has 0 aliphatic rings. The molecule has 7 heteroatoms. The first kappa shape index (κ1) is 19.7. The van der Waals surface area contributed by atoms with Gasteiger partial charge in [0.1, 0.15) is 0 Å². The molecule has 1 aromatic rings. The van der Waals surface area contributed by atoms with Crippen LogP contribution in [0.15, 0.2) is 18.2 Å². The highest BCUT2D eigenvalue weighted by Crippen LogP contribution is 2.29. The highest BCUT2D eigenvalue weighted by Gasteiger charge is 2.16. The number of halogens is 2. The Morgan fingerprint density at radius 2 is 1.83 bits per heavy atom. The number of likely N-dealkylation sites (N-methyl/N-ethyl adjacent to an activating group) is 1. The molecule has 0 aliphatic heterocycles. The fourth-order valence-corrected chi connectivity index (χ4v) is 2.33. The molecule has 23 heavy (non-hydrogen) atoms. The van der Waals surface area contributed by atoms with E-state index < -0.39 is 0 Å². The van der Waals surface area contributed by atoms with Crippen molar-refractivity contribution in [3.63, 3.8) is 0 Å². The Morgan fingerprint density at radius 1 is 1.17 bits per heavy atom. The normalized spacial score (nSPS) is 10.7. The van der Waals surface area contributed by atoms with Gasteiger partial charge in [0.25, 0.3) is 0 Å². The second-order valence-electron chi connectivity index (χ2n) is 5.02. The minimum absolute atomic E-state index is 0.0565. The number of benzene rings is 1. The molecule has 0 fully saturated rings. The highest BCUT2D eigenvalue weighted by atomic mass is 35.5. The number of carbonyl (C=O) groups excluding carboxylic acids is 2. The molecule has 1 rings (SSSR count). The number of carbonyl (C=O) groups is 2. The van der Waals surface area contributed by atoms with Crippen LogP contribution >= 0.6 is 23.2 Å². The standard InChI is InChI=1S/C16H22Cl2N2O3/c1-3-5-9-23-15(22)11-20(4-2)10-14(21)19-16-12(17)7-6-8-13(16)18/h6-8H,3-5,9-11H2,1-2H3,(H,19,21). The van der Waals surface area contributed by atoms with Gasteiger partial charge in [-0.05, 0) is 25.1 Å². The van der Waals surface area contributed by atoms with Gasteiger partial charge in [0.05, 0.1) is 35.4 Å². The van der Waals surface area contributed by atoms with Crippen LogP contribution < -0.4 is 5.32 Å². The number of nitrogens with one attached hydrogen (secondary N) is 1. The SMILES string of the molecule is CCCCOC(=O)CN(CC)CC(=O)Nc1c(Cl)cccc1Cl. The first-order valence-electron chi connectivity index (χ1n) is 7.59. The van der Waals surface area contributed by atoms with Gasteiger partial charge in [-0.3, -0.25) is 14.5 Å². The summed E-state index contributed by atoms with van der Waals surface area (Å²) in [6.07, 6.45) is 1.80. The summed E-state index contributed by atoms with van der Waals surface area (Å²) in [5.41, 5.74) is 0.377. The summed E-state index contributed by atoms with van der Waals surface area (Å²) < 4.78 is 5.10. The topological polar surface area (TPSA) is 58.6 Å². The van der Waals surface area contributed by atoms with Crippen LogP contribution in [-0.2, 0) is 14.3 Å². The van der Waals surface area contributed by atoms with E-state index in [9.17, 15) is 9.59 Å². The Balaban J connectivity index is 2.51. The van der Waals surface area contributed by atoms with Gasteiger partial charge in [0.2, 0.25) is 5.91 Å². The molecule has 0 atom stereocenters. The maximum absolute atomic E-state index is 12.1. The van der Waals surface area contributed by atoms with E-state index in [1.165, 1.54) is 0 Å². The molecule has 1 aromatic carbocycles. The van der Waals surface area contributed by atoms with Crippen molar-refractivity contribution in [3.05, 3.63) is 28.2 Å². The predicted molar refractivity (Wildman–Crippen MR) is 93.1 cm³/mol. The lowest BCUT2D eigenvalue weighted by Crippen LogP contribution is -2.37. The Labute approximate surface area is 146 Å². The summed E-state index contributed by atoms with van der Waals surface area (Å²) >= 11 is 12.0. The number of esters is 1. The van der Waals surface area contributed by atoms with Gasteiger partial charge >= 0.3 is 5.97 Å². The molecule has 0 saturated heterocycles. The average molecular weight is 361 g/mol. The van der Waals surface area contributed by atoms with Crippen molar-refractivity contribution in [3.8, 4) is 0 Å². The van der Waals surface area contributed by atoms with Crippen LogP contribution in [0.25, 0.3) is 0 Å². The van der Waals surface area contributed by atoms with Crippen molar-refractivity contribution >= 4 is 40.8 Å². The van der Waals surface area contributed by atoms with Crippen molar-refractivity contribution in [2.75, 3.05) is 31.6 Å². The van der Waals surface area contributed by atoms with Crippen LogP contribution in [0, 0.1) is 0 Å². The fourth-order valence-electron chi connectivity index (χ4n) is 1.84. The van der Waals surface area contributed by atoms with Crippen LogP contribution in [0.1, 0.15) is 26.7 Å². The lowest BCUT2D eigenvalue weighted by molar-refractivity contribution is -0.145. The maximum Gasteiger partial charge on any atom is 0.320 e. The fraction of sp³-hybridized carbons (Fsp3) is 0.500. The quantitative estimate of drug-likeness (QED) is 0.539. The lowest BCUT2D eigenvalue weighted by atomic mass is 10.3. The minimum Gasteiger partial charge on any atom is -0.465 e. The predicted octanol–water partition coefficient (Wildman–Crippen LogP) is 3.60. The zero-order chi connectivity index (χ0) is 17.2. The summed E-state index contributed by atoms with van der Waals surface area (Å²) in [7, 11) is 0. The van der Waals surface area contributed by atoms with Gasteiger partial charge in [-0.15, -0.1) is 0 Å². The molecular formula is C16H22Cl2N2O3. The van der Waals surface area contributed by atoms with Crippen molar-refractivity contribution in [2.45, 2.75) is 26.7 Å². The molecule has 0 aliphatic carbocycles. The summed E-state index contributed by atoms with van der Waals surface area (Å²) in [6.45, 7) is 4.98. The average Bonchev–Trinajstić information content (AvgIpc) is 2.50. The zero-order valence-electron chi connectivity index (χ0n) is 13.4. The van der Waals surface area contributed by atoms with E-state index in [-0.39, 0.29) is 25.0 Å². The van der Waals surface area contributed by atoms with E-state index in [2.05, 4.69) is 5.32 Å². The van der Waals surface area contributed by atoms with Gasteiger partial charge in [0, 0.05) is 0 Å². The van der Waals surface area contributed by atoms with E-state index in [1.807, 2.05) is 13.8 Å². The van der Waals surface area contributed by atoms with E-state index in [4.69, 9.17) is 27.9 Å². The third kappa shape index (κ3) is 7.20. The van der Waals surface area contributed by atoms with E-state index in [0.29, 0.717) is 28.9 Å². The second kappa shape index (κ2) is 10.5. The Hall–Kier alpha value is -1.30. The molecule has 1 amide bonds. The summed E-state index contributed by atoms with van der Waals surface area (Å²) in [6, 6.07) is 4.99. The summed E-state index contributed by atoms with van der Waals surface area (Å²) in [5, 5.41) is 3.41. The van der Waals surface area contributed by atoms with Crippen molar-refractivity contribution in [2.24, 2.45) is 0 Å². The minimum atomic E-state index is -0.330. The highest BCUT2D eigenvalue weighted by molar-refractivity contribution is 6.39. The first-order valence-corrected chi connectivity index (χ1v) is 8.35. The number of ether oxygens (including phenoxy) is 1. The lowest BCUT2D eigenvalue weighted by Gasteiger charge is -2.19. The summed E-state index contributed by atoms with van der Waals surface area (Å²) in [4.78, 5) is 25.5. The van der Waals surface area contributed by atoms with Crippen molar-refractivity contribution < 1.29 is 14.3 Å². The Morgan fingerprint density at radius 3 is 2.39 bits per heavy atom. The molecule has 128 valence electrons. The number of nitrogens with zero attached hydrogens (tertiary/aromatic N) is 1. The first-order chi connectivity index (χ1) is 11.0. The number of anilines is 1.